The van der Waals surface area contributed by atoms with Crippen LogP contribution in [0, 0.1) is 6.92 Å². The fourth-order valence-corrected chi connectivity index (χ4v) is 4.23. The predicted molar refractivity (Wildman–Crippen MR) is 130 cm³/mol. The lowest BCUT2D eigenvalue weighted by atomic mass is 10.1. The van der Waals surface area contributed by atoms with Crippen LogP contribution in [-0.4, -0.2) is 35.4 Å². The summed E-state index contributed by atoms with van der Waals surface area (Å²) in [5.41, 5.74) is 2.65. The first-order valence-corrected chi connectivity index (χ1v) is 11.6. The minimum Gasteiger partial charge on any atom is -0.489 e. The van der Waals surface area contributed by atoms with Gasteiger partial charge in [0.25, 0.3) is 5.91 Å². The summed E-state index contributed by atoms with van der Waals surface area (Å²) in [6.45, 7) is 6.78. The van der Waals surface area contributed by atoms with E-state index in [4.69, 9.17) is 16.3 Å². The van der Waals surface area contributed by atoms with E-state index in [9.17, 15) is 9.90 Å². The van der Waals surface area contributed by atoms with Gasteiger partial charge in [0.15, 0.2) is 5.17 Å². The molecule has 2 aromatic carbocycles. The van der Waals surface area contributed by atoms with Crippen LogP contribution in [0.25, 0.3) is 6.08 Å². The first kappa shape index (κ1) is 23.4. The van der Waals surface area contributed by atoms with Crippen molar-refractivity contribution < 1.29 is 14.6 Å². The van der Waals surface area contributed by atoms with Crippen LogP contribution in [0.2, 0.25) is 5.02 Å². The van der Waals surface area contributed by atoms with Gasteiger partial charge in [-0.3, -0.25) is 14.7 Å². The topological polar surface area (TPSA) is 62.1 Å². The quantitative estimate of drug-likeness (QED) is 0.516. The highest BCUT2D eigenvalue weighted by molar-refractivity contribution is 8.19. The molecule has 5 nitrogen and oxygen atoms in total. The van der Waals surface area contributed by atoms with Crippen LogP contribution in [0.3, 0.4) is 0 Å². The zero-order valence-electron chi connectivity index (χ0n) is 18.0. The van der Waals surface area contributed by atoms with Crippen molar-refractivity contribution in [3.63, 3.8) is 0 Å². The summed E-state index contributed by atoms with van der Waals surface area (Å²) in [5, 5.41) is 10.8. The number of aliphatic hydroxyl groups excluding tert-OH is 1. The molecule has 0 saturated carbocycles. The molecule has 164 valence electrons. The lowest BCUT2D eigenvalue weighted by Crippen LogP contribution is -2.29. The number of amides is 1. The molecule has 1 aliphatic rings. The largest absolute Gasteiger partial charge is 0.489 e. The molecule has 1 fully saturated rings. The predicted octanol–water partition coefficient (Wildman–Crippen LogP) is 5.69. The van der Waals surface area contributed by atoms with Crippen LogP contribution in [-0.2, 0) is 4.79 Å². The van der Waals surface area contributed by atoms with Crippen molar-refractivity contribution in [3.8, 4) is 5.75 Å². The number of aliphatic imine (C=N–C) groups is 1. The van der Waals surface area contributed by atoms with Gasteiger partial charge in [-0.05, 0) is 66.9 Å². The number of halogens is 1. The van der Waals surface area contributed by atoms with E-state index in [1.807, 2.05) is 50.3 Å². The summed E-state index contributed by atoms with van der Waals surface area (Å²) in [6.07, 6.45) is 2.81. The van der Waals surface area contributed by atoms with Gasteiger partial charge in [0, 0.05) is 6.54 Å². The lowest BCUT2D eigenvalue weighted by molar-refractivity contribution is -0.113. The molecule has 0 bridgehead atoms. The van der Waals surface area contributed by atoms with E-state index in [-0.39, 0.29) is 12.5 Å². The number of aliphatic hydroxyl groups is 1. The molecule has 1 atom stereocenters. The fraction of sp³-hybridized carbons (Fsp3) is 0.333. The van der Waals surface area contributed by atoms with Crippen LogP contribution in [0.1, 0.15) is 37.8 Å². The van der Waals surface area contributed by atoms with Crippen LogP contribution in [0.15, 0.2) is 52.4 Å². The second-order valence-electron chi connectivity index (χ2n) is 7.26. The first-order valence-electron chi connectivity index (χ1n) is 10.4. The molecule has 1 N–H and O–H groups in total. The van der Waals surface area contributed by atoms with Crippen molar-refractivity contribution in [2.24, 2.45) is 4.99 Å². The van der Waals surface area contributed by atoms with Gasteiger partial charge < -0.3 is 9.84 Å². The maximum absolute atomic E-state index is 13.3. The molecular weight excluding hydrogens is 432 g/mol. The van der Waals surface area contributed by atoms with Crippen LogP contribution >= 0.6 is 23.4 Å². The lowest BCUT2D eigenvalue weighted by Gasteiger charge is -2.18. The Kier molecular flexibility index (Phi) is 8.18. The number of rotatable bonds is 8. The molecule has 1 aliphatic heterocycles. The average Bonchev–Trinajstić information content (AvgIpc) is 3.06. The molecule has 0 spiro atoms. The summed E-state index contributed by atoms with van der Waals surface area (Å²) >= 11 is 7.73. The van der Waals surface area contributed by atoms with Crippen LogP contribution in [0.5, 0.6) is 5.75 Å². The van der Waals surface area contributed by atoms with E-state index in [2.05, 4.69) is 11.9 Å². The van der Waals surface area contributed by atoms with Crippen molar-refractivity contribution in [2.45, 2.75) is 39.7 Å². The molecule has 0 aromatic heterocycles. The van der Waals surface area contributed by atoms with Gasteiger partial charge >= 0.3 is 0 Å². The van der Waals surface area contributed by atoms with Gasteiger partial charge in [-0.15, -0.1) is 0 Å². The zero-order chi connectivity index (χ0) is 22.4. The second kappa shape index (κ2) is 10.8. The minimum absolute atomic E-state index is 0.100. The molecule has 3 rings (SSSR count). The molecule has 0 aliphatic carbocycles. The van der Waals surface area contributed by atoms with Gasteiger partial charge in [-0.2, -0.15) is 0 Å². The molecule has 7 heteroatoms. The van der Waals surface area contributed by atoms with Gasteiger partial charge in [0.2, 0.25) is 0 Å². The third-order valence-electron chi connectivity index (χ3n) is 4.79. The summed E-state index contributed by atoms with van der Waals surface area (Å²) < 4.78 is 5.58. The van der Waals surface area contributed by atoms with Gasteiger partial charge in [0.05, 0.1) is 21.7 Å². The number of benzene rings is 2. The highest BCUT2D eigenvalue weighted by Crippen LogP contribution is 2.38. The summed E-state index contributed by atoms with van der Waals surface area (Å²) in [6, 6.07) is 13.2. The molecule has 1 heterocycles. The van der Waals surface area contributed by atoms with Crippen LogP contribution < -0.4 is 9.64 Å². The standard InChI is InChI=1S/C24H27ClN2O3S/c1-4-12-26-24-27(20-9-7-6-8-16(20)3)23(29)22(31-24)14-17-10-11-21(19(25)13-17)30-15-18(28)5-2/h6-11,13-14,18,28H,4-5,12,15H2,1-3H3/b22-14-,26-24-/t18-/m1/s1. The number of anilines is 1. The SMILES string of the molecule is CCC/N=C1\S/C(=C\c2ccc(OC[C@H](O)CC)c(Cl)c2)C(=O)N1c1ccccc1C. The monoisotopic (exact) mass is 458 g/mol. The minimum atomic E-state index is -0.529. The Morgan fingerprint density at radius 2 is 2.03 bits per heavy atom. The number of thioether (sulfide) groups is 1. The molecule has 0 unspecified atom stereocenters. The van der Waals surface area contributed by atoms with E-state index in [1.165, 1.54) is 11.8 Å². The molecular formula is C24H27ClN2O3S. The summed E-state index contributed by atoms with van der Waals surface area (Å²) in [4.78, 5) is 20.2. The number of aryl methyl sites for hydroxylation is 1. The van der Waals surface area contributed by atoms with Crippen molar-refractivity contribution in [2.75, 3.05) is 18.1 Å². The van der Waals surface area contributed by atoms with Gasteiger partial charge in [0.1, 0.15) is 12.4 Å². The molecule has 1 saturated heterocycles. The Balaban J connectivity index is 1.88. The first-order chi connectivity index (χ1) is 14.9. The van der Waals surface area contributed by atoms with Crippen LogP contribution in [0.4, 0.5) is 5.69 Å². The molecule has 31 heavy (non-hydrogen) atoms. The molecule has 2 aromatic rings. The van der Waals surface area contributed by atoms with E-state index in [0.717, 1.165) is 23.2 Å². The fourth-order valence-electron chi connectivity index (χ4n) is 2.99. The second-order valence-corrected chi connectivity index (χ2v) is 8.68. The number of carbonyl (C=O) groups is 1. The van der Waals surface area contributed by atoms with Gasteiger partial charge in [-0.1, -0.05) is 49.7 Å². The van der Waals surface area contributed by atoms with Crippen molar-refractivity contribution in [1.82, 2.24) is 0 Å². The third-order valence-corrected chi connectivity index (χ3v) is 6.09. The van der Waals surface area contributed by atoms with Crippen molar-refractivity contribution in [1.29, 1.82) is 0 Å². The zero-order valence-corrected chi connectivity index (χ0v) is 19.5. The number of hydrogen-bond acceptors (Lipinski definition) is 5. The van der Waals surface area contributed by atoms with E-state index in [0.29, 0.717) is 33.8 Å². The Hall–Kier alpha value is -2.28. The molecule has 1 amide bonds. The Bertz CT molecular complexity index is 1010. The highest BCUT2D eigenvalue weighted by Gasteiger charge is 2.35. The molecule has 0 radical (unpaired) electrons. The normalized spacial score (nSPS) is 17.6. The highest BCUT2D eigenvalue weighted by atomic mass is 35.5. The Morgan fingerprint density at radius 1 is 1.26 bits per heavy atom. The number of amidine groups is 1. The Labute approximate surface area is 192 Å². The van der Waals surface area contributed by atoms with Crippen molar-refractivity contribution >= 4 is 46.2 Å². The number of ether oxygens (including phenoxy) is 1. The number of carbonyl (C=O) groups excluding carboxylic acids is 1. The van der Waals surface area contributed by atoms with Gasteiger partial charge in [-0.25, -0.2) is 0 Å². The maximum atomic E-state index is 13.3. The van der Waals surface area contributed by atoms with E-state index in [1.54, 1.807) is 17.0 Å². The average molecular weight is 459 g/mol. The Morgan fingerprint density at radius 3 is 2.71 bits per heavy atom. The van der Waals surface area contributed by atoms with E-state index >= 15 is 0 Å². The smallest absolute Gasteiger partial charge is 0.271 e. The van der Waals surface area contributed by atoms with E-state index < -0.39 is 6.10 Å². The summed E-state index contributed by atoms with van der Waals surface area (Å²) in [5.74, 6) is 0.408. The maximum Gasteiger partial charge on any atom is 0.271 e. The number of para-hydroxylation sites is 1. The number of nitrogens with zero attached hydrogens (tertiary/aromatic N) is 2. The third kappa shape index (κ3) is 5.70. The summed E-state index contributed by atoms with van der Waals surface area (Å²) in [7, 11) is 0. The number of hydrogen-bond donors (Lipinski definition) is 1. The van der Waals surface area contributed by atoms with Crippen molar-refractivity contribution in [3.05, 3.63) is 63.5 Å².